The van der Waals surface area contributed by atoms with Crippen LogP contribution in [0.4, 0.5) is 4.39 Å². The van der Waals surface area contributed by atoms with Crippen molar-refractivity contribution in [2.45, 2.75) is 6.54 Å². The van der Waals surface area contributed by atoms with Crippen molar-refractivity contribution in [3.63, 3.8) is 0 Å². The first kappa shape index (κ1) is 16.1. The molecule has 0 spiro atoms. The van der Waals surface area contributed by atoms with Gasteiger partial charge in [0.25, 0.3) is 0 Å². The number of aromatic nitrogens is 3. The van der Waals surface area contributed by atoms with Gasteiger partial charge in [-0.05, 0) is 43.4 Å². The molecule has 0 saturated carbocycles. The first-order valence-electron chi connectivity index (χ1n) is 7.50. The third-order valence-corrected chi connectivity index (χ3v) is 3.35. The van der Waals surface area contributed by atoms with Gasteiger partial charge in [0.2, 0.25) is 11.7 Å². The largest absolute Gasteiger partial charge is 0.492 e. The lowest BCUT2D eigenvalue weighted by molar-refractivity contribution is 0.212. The summed E-state index contributed by atoms with van der Waals surface area (Å²) in [6, 6.07) is 9.65. The van der Waals surface area contributed by atoms with Gasteiger partial charge in [0.05, 0.1) is 6.54 Å². The average molecular weight is 328 g/mol. The van der Waals surface area contributed by atoms with E-state index in [9.17, 15) is 4.39 Å². The summed E-state index contributed by atoms with van der Waals surface area (Å²) in [6.07, 6.45) is 3.38. The molecule has 0 saturated heterocycles. The van der Waals surface area contributed by atoms with Crippen LogP contribution in [-0.4, -0.2) is 40.2 Å². The maximum absolute atomic E-state index is 12.8. The van der Waals surface area contributed by atoms with E-state index < -0.39 is 0 Å². The summed E-state index contributed by atoms with van der Waals surface area (Å²) >= 11 is 0. The zero-order chi connectivity index (χ0) is 16.8. The maximum atomic E-state index is 12.8. The summed E-state index contributed by atoms with van der Waals surface area (Å²) in [6.45, 7) is 1.66. The second kappa shape index (κ2) is 7.65. The molecule has 124 valence electrons. The van der Waals surface area contributed by atoms with Crippen LogP contribution < -0.4 is 4.74 Å². The second-order valence-electron chi connectivity index (χ2n) is 5.29. The number of halogens is 1. The molecule has 0 bridgehead atoms. The molecule has 24 heavy (non-hydrogen) atoms. The second-order valence-corrected chi connectivity index (χ2v) is 5.29. The third kappa shape index (κ3) is 4.36. The Morgan fingerprint density at radius 1 is 1.21 bits per heavy atom. The zero-order valence-corrected chi connectivity index (χ0v) is 13.2. The highest BCUT2D eigenvalue weighted by molar-refractivity contribution is 5.51. The highest BCUT2D eigenvalue weighted by Gasteiger charge is 2.10. The number of ether oxygens (including phenoxy) is 1. The highest BCUT2D eigenvalue weighted by Crippen LogP contribution is 2.14. The van der Waals surface area contributed by atoms with Gasteiger partial charge in [0.1, 0.15) is 18.2 Å². The van der Waals surface area contributed by atoms with E-state index in [4.69, 9.17) is 9.26 Å². The molecule has 0 radical (unpaired) electrons. The summed E-state index contributed by atoms with van der Waals surface area (Å²) in [5.74, 6) is 1.41. The van der Waals surface area contributed by atoms with Crippen LogP contribution in [0.3, 0.4) is 0 Å². The molecule has 0 unspecified atom stereocenters. The van der Waals surface area contributed by atoms with Gasteiger partial charge in [-0.1, -0.05) is 5.16 Å². The molecular weight excluding hydrogens is 311 g/mol. The minimum Gasteiger partial charge on any atom is -0.492 e. The number of likely N-dealkylation sites (N-methyl/N-ethyl adjacent to an activating group) is 1. The van der Waals surface area contributed by atoms with E-state index in [0.29, 0.717) is 37.2 Å². The normalized spacial score (nSPS) is 11.0. The fourth-order valence-corrected chi connectivity index (χ4v) is 2.09. The SMILES string of the molecule is CN(CCOc1ccc(F)cc1)Cc1nc(-c2cccnc2)no1. The van der Waals surface area contributed by atoms with Gasteiger partial charge in [-0.15, -0.1) is 0 Å². The molecule has 2 heterocycles. The van der Waals surface area contributed by atoms with E-state index >= 15 is 0 Å². The maximum Gasteiger partial charge on any atom is 0.241 e. The zero-order valence-electron chi connectivity index (χ0n) is 13.2. The molecular formula is C17H17FN4O2. The number of nitrogens with zero attached hydrogens (tertiary/aromatic N) is 4. The molecule has 1 aromatic carbocycles. The van der Waals surface area contributed by atoms with Crippen LogP contribution in [0.15, 0.2) is 53.3 Å². The van der Waals surface area contributed by atoms with Crippen LogP contribution in [0.25, 0.3) is 11.4 Å². The Bertz CT molecular complexity index is 762. The average Bonchev–Trinajstić information content (AvgIpc) is 3.06. The number of rotatable bonds is 7. The lowest BCUT2D eigenvalue weighted by Gasteiger charge is -2.14. The van der Waals surface area contributed by atoms with Crippen molar-refractivity contribution in [2.24, 2.45) is 0 Å². The lowest BCUT2D eigenvalue weighted by Crippen LogP contribution is -2.24. The molecule has 0 fully saturated rings. The Morgan fingerprint density at radius 3 is 2.79 bits per heavy atom. The van der Waals surface area contributed by atoms with E-state index in [0.717, 1.165) is 5.56 Å². The predicted octanol–water partition coefficient (Wildman–Crippen LogP) is 2.78. The molecule has 0 atom stereocenters. The van der Waals surface area contributed by atoms with E-state index in [1.165, 1.54) is 12.1 Å². The molecule has 0 amide bonds. The van der Waals surface area contributed by atoms with Gasteiger partial charge >= 0.3 is 0 Å². The van der Waals surface area contributed by atoms with Crippen LogP contribution in [0.5, 0.6) is 5.75 Å². The number of hydrogen-bond donors (Lipinski definition) is 0. The van der Waals surface area contributed by atoms with Crippen molar-refractivity contribution in [2.75, 3.05) is 20.2 Å². The molecule has 0 N–H and O–H groups in total. The topological polar surface area (TPSA) is 64.3 Å². The summed E-state index contributed by atoms with van der Waals surface area (Å²) in [4.78, 5) is 10.4. The summed E-state index contributed by atoms with van der Waals surface area (Å²) < 4.78 is 23.6. The van der Waals surface area contributed by atoms with E-state index in [1.807, 2.05) is 24.1 Å². The Balaban J connectivity index is 1.47. The highest BCUT2D eigenvalue weighted by atomic mass is 19.1. The van der Waals surface area contributed by atoms with Crippen molar-refractivity contribution in [3.05, 3.63) is 60.5 Å². The molecule has 0 aliphatic rings. The van der Waals surface area contributed by atoms with Crippen molar-refractivity contribution in [3.8, 4) is 17.1 Å². The van der Waals surface area contributed by atoms with Gasteiger partial charge in [-0.3, -0.25) is 9.88 Å². The Labute approximate surface area is 138 Å². The van der Waals surface area contributed by atoms with Crippen LogP contribution in [-0.2, 0) is 6.54 Å². The molecule has 2 aromatic heterocycles. The van der Waals surface area contributed by atoms with Gasteiger partial charge in [0, 0.05) is 24.5 Å². The fraction of sp³-hybridized carbons (Fsp3) is 0.235. The third-order valence-electron chi connectivity index (χ3n) is 3.35. The van der Waals surface area contributed by atoms with Gasteiger partial charge < -0.3 is 9.26 Å². The van der Waals surface area contributed by atoms with Crippen LogP contribution in [0.1, 0.15) is 5.89 Å². The van der Waals surface area contributed by atoms with Gasteiger partial charge in [-0.25, -0.2) is 4.39 Å². The van der Waals surface area contributed by atoms with E-state index in [2.05, 4.69) is 15.1 Å². The molecule has 3 rings (SSSR count). The van der Waals surface area contributed by atoms with Crippen molar-refractivity contribution >= 4 is 0 Å². The summed E-state index contributed by atoms with van der Waals surface area (Å²) in [5, 5.41) is 3.96. The van der Waals surface area contributed by atoms with Crippen molar-refractivity contribution < 1.29 is 13.7 Å². The number of hydrogen-bond acceptors (Lipinski definition) is 6. The van der Waals surface area contributed by atoms with E-state index in [-0.39, 0.29) is 5.82 Å². The fourth-order valence-electron chi connectivity index (χ4n) is 2.09. The van der Waals surface area contributed by atoms with Gasteiger partial charge in [-0.2, -0.15) is 4.98 Å². The van der Waals surface area contributed by atoms with Crippen LogP contribution in [0, 0.1) is 5.82 Å². The molecule has 0 aliphatic heterocycles. The van der Waals surface area contributed by atoms with Crippen molar-refractivity contribution in [1.29, 1.82) is 0 Å². The van der Waals surface area contributed by atoms with Crippen LogP contribution >= 0.6 is 0 Å². The predicted molar refractivity (Wildman–Crippen MR) is 85.8 cm³/mol. The first-order chi connectivity index (χ1) is 11.7. The standard InChI is InChI=1S/C17H17FN4O2/c1-22(9-10-23-15-6-4-14(18)5-7-15)12-16-20-17(21-24-16)13-3-2-8-19-11-13/h2-8,11H,9-10,12H2,1H3. The minimum atomic E-state index is -0.278. The van der Waals surface area contributed by atoms with Crippen LogP contribution in [0.2, 0.25) is 0 Å². The molecule has 7 heteroatoms. The van der Waals surface area contributed by atoms with Gasteiger partial charge in [0.15, 0.2) is 0 Å². The van der Waals surface area contributed by atoms with E-state index in [1.54, 1.807) is 24.5 Å². The number of pyridine rings is 1. The molecule has 3 aromatic rings. The van der Waals surface area contributed by atoms with Crippen molar-refractivity contribution in [1.82, 2.24) is 20.0 Å². The smallest absolute Gasteiger partial charge is 0.241 e. The molecule has 0 aliphatic carbocycles. The lowest BCUT2D eigenvalue weighted by atomic mass is 10.3. The number of benzene rings is 1. The minimum absolute atomic E-state index is 0.278. The Kier molecular flexibility index (Phi) is 5.12. The summed E-state index contributed by atoms with van der Waals surface area (Å²) in [5.41, 5.74) is 0.815. The first-order valence-corrected chi connectivity index (χ1v) is 7.50. The summed E-state index contributed by atoms with van der Waals surface area (Å²) in [7, 11) is 1.93. The molecule has 6 nitrogen and oxygen atoms in total. The Hall–Kier alpha value is -2.80. The Morgan fingerprint density at radius 2 is 2.04 bits per heavy atom. The monoisotopic (exact) mass is 328 g/mol. The quantitative estimate of drug-likeness (QED) is 0.664.